The van der Waals surface area contributed by atoms with Gasteiger partial charge in [-0.2, -0.15) is 0 Å². The van der Waals surface area contributed by atoms with Crippen LogP contribution >= 0.6 is 0 Å². The summed E-state index contributed by atoms with van der Waals surface area (Å²) in [5.41, 5.74) is -0.0128. The summed E-state index contributed by atoms with van der Waals surface area (Å²) in [5, 5.41) is 8.78. The van der Waals surface area contributed by atoms with Gasteiger partial charge in [-0.1, -0.05) is 0 Å². The van der Waals surface area contributed by atoms with Crippen molar-refractivity contribution in [1.29, 1.82) is 0 Å². The number of carboxylic acid groups (broad SMARTS) is 1. The predicted molar refractivity (Wildman–Crippen MR) is 68.7 cm³/mol. The summed E-state index contributed by atoms with van der Waals surface area (Å²) in [5.74, 6) is -0.726. The Bertz CT molecular complexity index is 299. The van der Waals surface area contributed by atoms with Crippen molar-refractivity contribution in [2.75, 3.05) is 39.3 Å². The van der Waals surface area contributed by atoms with Crippen molar-refractivity contribution in [3.8, 4) is 0 Å². The van der Waals surface area contributed by atoms with Gasteiger partial charge in [0, 0.05) is 38.8 Å². The van der Waals surface area contributed by atoms with Gasteiger partial charge in [0.15, 0.2) is 0 Å². The molecule has 2 heterocycles. The number of hydrogen-bond donors (Lipinski definition) is 1. The molecule has 2 aliphatic heterocycles. The summed E-state index contributed by atoms with van der Waals surface area (Å²) in [4.78, 5) is 15.2. The SMILES string of the molecule is CC1(C)CC(N2CCN(CC(=O)O)CC2)CCO1. The molecule has 0 aromatic carbocycles. The fourth-order valence-corrected chi connectivity index (χ4v) is 2.99. The molecule has 2 saturated heterocycles. The first-order valence-corrected chi connectivity index (χ1v) is 6.78. The Morgan fingerprint density at radius 2 is 2.00 bits per heavy atom. The summed E-state index contributed by atoms with van der Waals surface area (Å²) in [6, 6.07) is 0.598. The first kappa shape index (κ1) is 13.8. The number of aliphatic carboxylic acids is 1. The van der Waals surface area contributed by atoms with Crippen molar-refractivity contribution in [3.05, 3.63) is 0 Å². The van der Waals surface area contributed by atoms with E-state index in [2.05, 4.69) is 18.7 Å². The van der Waals surface area contributed by atoms with Gasteiger partial charge in [-0.25, -0.2) is 0 Å². The van der Waals surface area contributed by atoms with E-state index in [9.17, 15) is 4.79 Å². The van der Waals surface area contributed by atoms with Crippen LogP contribution < -0.4 is 0 Å². The molecule has 0 saturated carbocycles. The Morgan fingerprint density at radius 1 is 1.33 bits per heavy atom. The van der Waals surface area contributed by atoms with E-state index >= 15 is 0 Å². The maximum Gasteiger partial charge on any atom is 0.317 e. The van der Waals surface area contributed by atoms with Gasteiger partial charge < -0.3 is 9.84 Å². The first-order chi connectivity index (χ1) is 8.46. The van der Waals surface area contributed by atoms with E-state index in [-0.39, 0.29) is 12.1 Å². The van der Waals surface area contributed by atoms with Crippen molar-refractivity contribution in [2.24, 2.45) is 0 Å². The zero-order valence-electron chi connectivity index (χ0n) is 11.4. The van der Waals surface area contributed by atoms with Gasteiger partial charge in [-0.05, 0) is 26.7 Å². The van der Waals surface area contributed by atoms with Gasteiger partial charge in [0.1, 0.15) is 0 Å². The lowest BCUT2D eigenvalue weighted by Gasteiger charge is -2.44. The van der Waals surface area contributed by atoms with E-state index in [4.69, 9.17) is 9.84 Å². The van der Waals surface area contributed by atoms with Gasteiger partial charge in [0.2, 0.25) is 0 Å². The van der Waals surface area contributed by atoms with Gasteiger partial charge >= 0.3 is 5.97 Å². The molecule has 2 aliphatic rings. The maximum absolute atomic E-state index is 10.7. The lowest BCUT2D eigenvalue weighted by molar-refractivity contribution is -0.139. The Labute approximate surface area is 109 Å². The van der Waals surface area contributed by atoms with Crippen LogP contribution in [0.5, 0.6) is 0 Å². The van der Waals surface area contributed by atoms with Gasteiger partial charge in [-0.15, -0.1) is 0 Å². The Kier molecular flexibility index (Phi) is 4.25. The molecule has 0 spiro atoms. The molecule has 0 aromatic rings. The molecular formula is C13H24N2O3. The van der Waals surface area contributed by atoms with Crippen LogP contribution in [0.3, 0.4) is 0 Å². The molecule has 18 heavy (non-hydrogen) atoms. The van der Waals surface area contributed by atoms with E-state index in [1.807, 2.05) is 4.90 Å². The topological polar surface area (TPSA) is 53.0 Å². The molecule has 5 nitrogen and oxygen atoms in total. The van der Waals surface area contributed by atoms with Crippen LogP contribution in [0.25, 0.3) is 0 Å². The van der Waals surface area contributed by atoms with Crippen LogP contribution in [-0.2, 0) is 9.53 Å². The third-order valence-corrected chi connectivity index (χ3v) is 3.95. The van der Waals surface area contributed by atoms with E-state index in [0.717, 1.165) is 45.6 Å². The van der Waals surface area contributed by atoms with Crippen LogP contribution in [0.15, 0.2) is 0 Å². The number of ether oxygens (including phenoxy) is 1. The normalized spacial score (nSPS) is 30.2. The minimum absolute atomic E-state index is 0.0128. The number of carboxylic acids is 1. The van der Waals surface area contributed by atoms with Crippen molar-refractivity contribution in [2.45, 2.75) is 38.3 Å². The summed E-state index contributed by atoms with van der Waals surface area (Å²) < 4.78 is 5.75. The second-order valence-corrected chi connectivity index (χ2v) is 5.96. The summed E-state index contributed by atoms with van der Waals surface area (Å²) in [7, 11) is 0. The molecule has 104 valence electrons. The van der Waals surface area contributed by atoms with Gasteiger partial charge in [0.05, 0.1) is 12.1 Å². The number of hydrogen-bond acceptors (Lipinski definition) is 4. The first-order valence-electron chi connectivity index (χ1n) is 6.78. The molecule has 1 N–H and O–H groups in total. The zero-order chi connectivity index (χ0) is 13.2. The molecule has 1 unspecified atom stereocenters. The quantitative estimate of drug-likeness (QED) is 0.803. The number of nitrogens with zero attached hydrogens (tertiary/aromatic N) is 2. The van der Waals surface area contributed by atoms with E-state index in [1.54, 1.807) is 0 Å². The largest absolute Gasteiger partial charge is 0.480 e. The van der Waals surface area contributed by atoms with Gasteiger partial charge in [0.25, 0.3) is 0 Å². The zero-order valence-corrected chi connectivity index (χ0v) is 11.4. The molecule has 0 aliphatic carbocycles. The summed E-state index contributed by atoms with van der Waals surface area (Å²) in [6.45, 7) is 9.01. The molecule has 0 aromatic heterocycles. The van der Waals surface area contributed by atoms with Crippen molar-refractivity contribution < 1.29 is 14.6 Å². The second kappa shape index (κ2) is 5.55. The third kappa shape index (κ3) is 3.67. The van der Waals surface area contributed by atoms with Crippen LogP contribution in [0, 0.1) is 0 Å². The summed E-state index contributed by atoms with van der Waals surface area (Å²) >= 11 is 0. The smallest absolute Gasteiger partial charge is 0.317 e. The molecule has 5 heteroatoms. The van der Waals surface area contributed by atoms with Gasteiger partial charge in [-0.3, -0.25) is 14.6 Å². The number of rotatable bonds is 3. The molecular weight excluding hydrogens is 232 g/mol. The van der Waals surface area contributed by atoms with Crippen LogP contribution in [0.4, 0.5) is 0 Å². The highest BCUT2D eigenvalue weighted by atomic mass is 16.5. The standard InChI is InChI=1S/C13H24N2O3/c1-13(2)9-11(3-8-18-13)15-6-4-14(5-7-15)10-12(16)17/h11H,3-10H2,1-2H3,(H,16,17). The minimum atomic E-state index is -0.726. The monoisotopic (exact) mass is 256 g/mol. The average molecular weight is 256 g/mol. The highest BCUT2D eigenvalue weighted by Gasteiger charge is 2.33. The minimum Gasteiger partial charge on any atom is -0.480 e. The van der Waals surface area contributed by atoms with Crippen molar-refractivity contribution >= 4 is 5.97 Å². The second-order valence-electron chi connectivity index (χ2n) is 5.96. The average Bonchev–Trinajstić information content (AvgIpc) is 2.28. The van der Waals surface area contributed by atoms with Crippen LogP contribution in [0.1, 0.15) is 26.7 Å². The molecule has 2 fully saturated rings. The van der Waals surface area contributed by atoms with E-state index < -0.39 is 5.97 Å². The van der Waals surface area contributed by atoms with Crippen molar-refractivity contribution in [1.82, 2.24) is 9.80 Å². The van der Waals surface area contributed by atoms with Crippen LogP contribution in [-0.4, -0.2) is 71.8 Å². The third-order valence-electron chi connectivity index (χ3n) is 3.95. The Balaban J connectivity index is 1.80. The van der Waals surface area contributed by atoms with Crippen molar-refractivity contribution in [3.63, 3.8) is 0 Å². The molecule has 1 atom stereocenters. The highest BCUT2D eigenvalue weighted by Crippen LogP contribution is 2.27. The molecule has 0 amide bonds. The van der Waals surface area contributed by atoms with Crippen LogP contribution in [0.2, 0.25) is 0 Å². The fourth-order valence-electron chi connectivity index (χ4n) is 2.99. The number of carbonyl (C=O) groups is 1. The fraction of sp³-hybridized carbons (Fsp3) is 0.923. The molecule has 0 bridgehead atoms. The Morgan fingerprint density at radius 3 is 2.56 bits per heavy atom. The predicted octanol–water partition coefficient (Wildman–Crippen LogP) is 0.646. The lowest BCUT2D eigenvalue weighted by atomic mass is 9.92. The number of piperazine rings is 1. The highest BCUT2D eigenvalue weighted by molar-refractivity contribution is 5.69. The summed E-state index contributed by atoms with van der Waals surface area (Å²) in [6.07, 6.45) is 2.17. The molecule has 2 rings (SSSR count). The molecule has 0 radical (unpaired) electrons. The lowest BCUT2D eigenvalue weighted by Crippen LogP contribution is -2.54. The van der Waals surface area contributed by atoms with E-state index in [1.165, 1.54) is 0 Å². The maximum atomic E-state index is 10.7. The Hall–Kier alpha value is -0.650. The van der Waals surface area contributed by atoms with E-state index in [0.29, 0.717) is 6.04 Å².